The second kappa shape index (κ2) is 11.7. The minimum Gasteiger partial charge on any atom is -0.465 e. The van der Waals surface area contributed by atoms with Crippen LogP contribution in [0, 0.1) is 6.92 Å². The fraction of sp³-hybridized carbons (Fsp3) is 0.292. The highest BCUT2D eigenvalue weighted by Crippen LogP contribution is 2.36. The van der Waals surface area contributed by atoms with E-state index in [1.54, 1.807) is 37.3 Å². The topological polar surface area (TPSA) is 107 Å². The van der Waals surface area contributed by atoms with E-state index >= 15 is 0 Å². The van der Waals surface area contributed by atoms with Gasteiger partial charge in [0.2, 0.25) is 5.91 Å². The number of alkyl halides is 3. The molecule has 196 valence electrons. The maximum atomic E-state index is 13.5. The molecule has 1 atom stereocenters. The Hall–Kier alpha value is -3.45. The van der Waals surface area contributed by atoms with E-state index in [1.807, 2.05) is 0 Å². The van der Waals surface area contributed by atoms with Crippen molar-refractivity contribution in [3.63, 3.8) is 0 Å². The first-order valence-corrected chi connectivity index (χ1v) is 12.5. The van der Waals surface area contributed by atoms with Gasteiger partial charge in [0.1, 0.15) is 15.6 Å². The number of hydrogen-bond acceptors (Lipinski definition) is 9. The summed E-state index contributed by atoms with van der Waals surface area (Å²) >= 11 is 1.56. The van der Waals surface area contributed by atoms with E-state index in [1.165, 1.54) is 13.8 Å². The van der Waals surface area contributed by atoms with E-state index in [2.05, 4.69) is 15.3 Å². The molecule has 0 unspecified atom stereocenters. The van der Waals surface area contributed by atoms with Crippen LogP contribution in [0.5, 0.6) is 0 Å². The molecule has 0 radical (unpaired) electrons. The van der Waals surface area contributed by atoms with Crippen molar-refractivity contribution < 1.29 is 37.0 Å². The zero-order valence-electron chi connectivity index (χ0n) is 20.1. The van der Waals surface area contributed by atoms with Crippen molar-refractivity contribution in [1.29, 1.82) is 0 Å². The van der Waals surface area contributed by atoms with Crippen LogP contribution in [0.4, 0.5) is 18.2 Å². The van der Waals surface area contributed by atoms with Crippen LogP contribution < -0.4 is 5.32 Å². The fourth-order valence-corrected chi connectivity index (χ4v) is 5.02. The summed E-state index contributed by atoms with van der Waals surface area (Å²) in [6.45, 7) is 4.71. The van der Waals surface area contributed by atoms with Gasteiger partial charge in [0.05, 0.1) is 30.2 Å². The van der Waals surface area contributed by atoms with Gasteiger partial charge in [0.15, 0.2) is 5.16 Å². The van der Waals surface area contributed by atoms with Crippen LogP contribution >= 0.6 is 23.1 Å². The first-order valence-electron chi connectivity index (χ1n) is 10.8. The SMILES string of the molecule is CCOC(=O)c1sc(NC(=O)[C@@H](C)Sc2nc(-c3ccccc3)cc(C(F)(F)F)n2)c(C(=O)OC)c1C. The van der Waals surface area contributed by atoms with Crippen LogP contribution in [-0.2, 0) is 20.4 Å². The molecule has 0 aliphatic carbocycles. The molecule has 0 saturated carbocycles. The molecule has 37 heavy (non-hydrogen) atoms. The van der Waals surface area contributed by atoms with Gasteiger partial charge in [-0.3, -0.25) is 4.79 Å². The van der Waals surface area contributed by atoms with Crippen molar-refractivity contribution in [1.82, 2.24) is 9.97 Å². The molecular weight excluding hydrogens is 531 g/mol. The monoisotopic (exact) mass is 553 g/mol. The van der Waals surface area contributed by atoms with Gasteiger partial charge in [-0.2, -0.15) is 13.2 Å². The predicted molar refractivity (Wildman–Crippen MR) is 133 cm³/mol. The molecule has 3 rings (SSSR count). The number of anilines is 1. The lowest BCUT2D eigenvalue weighted by Gasteiger charge is -2.14. The number of benzene rings is 1. The molecule has 0 bridgehead atoms. The van der Waals surface area contributed by atoms with Crippen LogP contribution in [0.1, 0.15) is 45.1 Å². The normalized spacial score (nSPS) is 12.1. The van der Waals surface area contributed by atoms with Crippen molar-refractivity contribution in [3.05, 3.63) is 58.1 Å². The largest absolute Gasteiger partial charge is 0.465 e. The van der Waals surface area contributed by atoms with Crippen molar-refractivity contribution in [2.75, 3.05) is 19.0 Å². The Balaban J connectivity index is 1.90. The van der Waals surface area contributed by atoms with E-state index < -0.39 is 35.0 Å². The number of thioether (sulfide) groups is 1. The van der Waals surface area contributed by atoms with Crippen molar-refractivity contribution in [3.8, 4) is 11.3 Å². The van der Waals surface area contributed by atoms with Crippen molar-refractivity contribution >= 4 is 45.9 Å². The lowest BCUT2D eigenvalue weighted by Crippen LogP contribution is -2.23. The van der Waals surface area contributed by atoms with Crippen molar-refractivity contribution in [2.45, 2.75) is 37.4 Å². The highest BCUT2D eigenvalue weighted by atomic mass is 32.2. The Bertz CT molecular complexity index is 1310. The number of nitrogens with one attached hydrogen (secondary N) is 1. The Morgan fingerprint density at radius 3 is 2.41 bits per heavy atom. The molecule has 0 spiro atoms. The zero-order chi connectivity index (χ0) is 27.3. The number of aromatic nitrogens is 2. The summed E-state index contributed by atoms with van der Waals surface area (Å²) in [6, 6.07) is 9.13. The number of carbonyl (C=O) groups excluding carboxylic acids is 3. The summed E-state index contributed by atoms with van der Waals surface area (Å²) < 4.78 is 50.3. The number of methoxy groups -OCH3 is 1. The van der Waals surface area contributed by atoms with Gasteiger partial charge >= 0.3 is 18.1 Å². The smallest absolute Gasteiger partial charge is 0.433 e. The number of nitrogens with zero attached hydrogens (tertiary/aromatic N) is 2. The molecule has 3 aromatic rings. The molecule has 13 heteroatoms. The van der Waals surface area contributed by atoms with Gasteiger partial charge in [-0.25, -0.2) is 19.6 Å². The third-order valence-electron chi connectivity index (χ3n) is 4.95. The average molecular weight is 554 g/mol. The number of hydrogen-bond donors (Lipinski definition) is 1. The molecule has 0 fully saturated rings. The summed E-state index contributed by atoms with van der Waals surface area (Å²) in [6.07, 6.45) is -4.72. The van der Waals surface area contributed by atoms with Gasteiger partial charge in [-0.1, -0.05) is 42.1 Å². The summed E-state index contributed by atoms with van der Waals surface area (Å²) in [5, 5.41) is 1.41. The molecule has 0 aliphatic heterocycles. The molecule has 0 saturated heterocycles. The minimum absolute atomic E-state index is 0.0113. The van der Waals surface area contributed by atoms with E-state index in [0.29, 0.717) is 5.56 Å². The number of carbonyl (C=O) groups is 3. The summed E-state index contributed by atoms with van der Waals surface area (Å²) in [4.78, 5) is 45.5. The second-order valence-corrected chi connectivity index (χ2v) is 9.84. The van der Waals surface area contributed by atoms with Gasteiger partial charge < -0.3 is 14.8 Å². The fourth-order valence-electron chi connectivity index (χ4n) is 3.15. The highest BCUT2D eigenvalue weighted by molar-refractivity contribution is 8.00. The van der Waals surface area contributed by atoms with Crippen LogP contribution in [0.2, 0.25) is 0 Å². The summed E-state index contributed by atoms with van der Waals surface area (Å²) in [5.74, 6) is -2.08. The molecule has 2 aromatic heterocycles. The number of halogens is 3. The highest BCUT2D eigenvalue weighted by Gasteiger charge is 2.34. The molecule has 1 aromatic carbocycles. The number of rotatable bonds is 8. The Morgan fingerprint density at radius 2 is 1.81 bits per heavy atom. The minimum atomic E-state index is -4.72. The maximum Gasteiger partial charge on any atom is 0.433 e. The number of esters is 2. The Morgan fingerprint density at radius 1 is 1.14 bits per heavy atom. The van der Waals surface area contributed by atoms with Gasteiger partial charge in [-0.05, 0) is 32.4 Å². The van der Waals surface area contributed by atoms with Crippen LogP contribution in [0.25, 0.3) is 11.3 Å². The standard InChI is InChI=1S/C24H22F3N3O5S2/c1-5-35-22(33)18-12(2)17(21(32)34-4)20(37-18)30-19(31)13(3)36-23-28-15(14-9-7-6-8-10-14)11-16(29-23)24(25,26)27/h6-11,13H,5H2,1-4H3,(H,30,31)/t13-/m1/s1. The van der Waals surface area contributed by atoms with E-state index in [9.17, 15) is 27.6 Å². The maximum absolute atomic E-state index is 13.5. The Kier molecular flexibility index (Phi) is 8.92. The lowest BCUT2D eigenvalue weighted by molar-refractivity contribution is -0.141. The predicted octanol–water partition coefficient (Wildman–Crippen LogP) is 5.61. The number of ether oxygens (including phenoxy) is 2. The second-order valence-electron chi connectivity index (χ2n) is 7.51. The van der Waals surface area contributed by atoms with Gasteiger partial charge in [0, 0.05) is 5.56 Å². The molecule has 2 heterocycles. The average Bonchev–Trinajstić information content (AvgIpc) is 3.19. The molecule has 8 nitrogen and oxygen atoms in total. The number of thiophene rings is 1. The lowest BCUT2D eigenvalue weighted by atomic mass is 10.1. The van der Waals surface area contributed by atoms with Crippen LogP contribution in [-0.4, -0.2) is 46.8 Å². The molecule has 0 aliphatic rings. The Labute approximate surface area is 218 Å². The first kappa shape index (κ1) is 28.1. The molecule has 1 amide bonds. The molecule has 1 N–H and O–H groups in total. The third kappa shape index (κ3) is 6.66. The zero-order valence-corrected chi connectivity index (χ0v) is 21.8. The van der Waals surface area contributed by atoms with E-state index in [-0.39, 0.29) is 38.5 Å². The first-order chi connectivity index (χ1) is 17.5. The molecular formula is C24H22F3N3O5S2. The summed E-state index contributed by atoms with van der Waals surface area (Å²) in [7, 11) is 1.16. The van der Waals surface area contributed by atoms with E-state index in [4.69, 9.17) is 9.47 Å². The van der Waals surface area contributed by atoms with E-state index in [0.717, 1.165) is 36.3 Å². The van der Waals surface area contributed by atoms with Crippen LogP contribution in [0.15, 0.2) is 41.6 Å². The van der Waals surface area contributed by atoms with Crippen molar-refractivity contribution in [2.24, 2.45) is 0 Å². The third-order valence-corrected chi connectivity index (χ3v) is 7.10. The number of amides is 1. The van der Waals surface area contributed by atoms with Gasteiger partial charge in [0.25, 0.3) is 0 Å². The van der Waals surface area contributed by atoms with Gasteiger partial charge in [-0.15, -0.1) is 11.3 Å². The van der Waals surface area contributed by atoms with Crippen LogP contribution in [0.3, 0.4) is 0 Å². The quantitative estimate of drug-likeness (QED) is 0.218. The summed E-state index contributed by atoms with van der Waals surface area (Å²) in [5.41, 5.74) is -0.364.